The number of carbonyl (C=O) groups excluding carboxylic acids is 1. The van der Waals surface area contributed by atoms with E-state index in [4.69, 9.17) is 4.74 Å². The summed E-state index contributed by atoms with van der Waals surface area (Å²) in [6.07, 6.45) is 7.87. The highest BCUT2D eigenvalue weighted by Gasteiger charge is 2.36. The van der Waals surface area contributed by atoms with Gasteiger partial charge in [0.2, 0.25) is 0 Å². The summed E-state index contributed by atoms with van der Waals surface area (Å²) < 4.78 is 7.46. The van der Waals surface area contributed by atoms with Gasteiger partial charge in [-0.3, -0.25) is 0 Å². The molecule has 0 bridgehead atoms. The van der Waals surface area contributed by atoms with Crippen molar-refractivity contribution in [1.82, 2.24) is 14.8 Å². The zero-order valence-electron chi connectivity index (χ0n) is 17.2. The van der Waals surface area contributed by atoms with Crippen LogP contribution < -0.4 is 5.32 Å². The molecule has 28 heavy (non-hydrogen) atoms. The highest BCUT2D eigenvalue weighted by atomic mass is 32.1. The number of ether oxygens (including phenoxy) is 1. The van der Waals surface area contributed by atoms with E-state index in [-0.39, 0.29) is 12.1 Å². The van der Waals surface area contributed by atoms with Gasteiger partial charge in [0, 0.05) is 42.6 Å². The van der Waals surface area contributed by atoms with E-state index in [1.165, 1.54) is 46.0 Å². The number of nitrogens with zero attached hydrogens (tertiary/aromatic N) is 2. The van der Waals surface area contributed by atoms with Crippen molar-refractivity contribution in [2.75, 3.05) is 20.3 Å². The Morgan fingerprint density at radius 1 is 1.32 bits per heavy atom. The van der Waals surface area contributed by atoms with Crippen LogP contribution in [0.1, 0.15) is 60.8 Å². The van der Waals surface area contributed by atoms with E-state index in [2.05, 4.69) is 47.0 Å². The number of aryl methyl sites for hydroxylation is 1. The molecule has 1 N–H and O–H groups in total. The normalized spacial score (nSPS) is 18.4. The minimum atomic E-state index is 0.0335. The van der Waals surface area contributed by atoms with Gasteiger partial charge in [-0.2, -0.15) is 0 Å². The summed E-state index contributed by atoms with van der Waals surface area (Å²) in [5.74, 6) is 0.336. The van der Waals surface area contributed by atoms with Crippen molar-refractivity contribution in [2.45, 2.75) is 58.5 Å². The first kappa shape index (κ1) is 19.5. The van der Waals surface area contributed by atoms with E-state index in [1.54, 1.807) is 7.11 Å². The van der Waals surface area contributed by atoms with E-state index in [1.807, 2.05) is 11.3 Å². The molecular formula is C22H31N3O2S. The number of nitrogens with one attached hydrogen (secondary N) is 1. The minimum Gasteiger partial charge on any atom is -0.385 e. The number of aromatic nitrogens is 1. The van der Waals surface area contributed by atoms with Crippen molar-refractivity contribution in [1.29, 1.82) is 0 Å². The minimum absolute atomic E-state index is 0.0335. The van der Waals surface area contributed by atoms with Crippen LogP contribution in [0.5, 0.6) is 0 Å². The second-order valence-electron chi connectivity index (χ2n) is 8.19. The molecule has 5 nitrogen and oxygen atoms in total. The topological polar surface area (TPSA) is 46.5 Å². The maximum atomic E-state index is 13.2. The lowest BCUT2D eigenvalue weighted by Gasteiger charge is -2.33. The number of rotatable bonds is 5. The maximum absolute atomic E-state index is 13.2. The van der Waals surface area contributed by atoms with Gasteiger partial charge in [-0.25, -0.2) is 4.79 Å². The standard InChI is InChI=1S/C22H31N3O2S/c1-15(2)20-18-9-6-12-24(18)21-17(16-8-4-5-10-19(16)28-21)14-25(20)22(26)23-11-7-13-27-3/h6,9,12,15,20H,4-5,7-8,10-11,13-14H2,1-3H3,(H,23,26)/t20-/m1/s1. The van der Waals surface area contributed by atoms with E-state index >= 15 is 0 Å². The van der Waals surface area contributed by atoms with E-state index in [0.717, 1.165) is 12.8 Å². The average Bonchev–Trinajstić information content (AvgIpc) is 3.26. The molecule has 1 atom stereocenters. The summed E-state index contributed by atoms with van der Waals surface area (Å²) in [6.45, 7) is 6.43. The predicted octanol–water partition coefficient (Wildman–Crippen LogP) is 4.68. The van der Waals surface area contributed by atoms with Crippen LogP contribution in [0.4, 0.5) is 4.79 Å². The molecule has 0 fully saturated rings. The Morgan fingerprint density at radius 2 is 2.14 bits per heavy atom. The van der Waals surface area contributed by atoms with Crippen LogP contribution >= 0.6 is 11.3 Å². The molecule has 0 unspecified atom stereocenters. The summed E-state index contributed by atoms with van der Waals surface area (Å²) in [4.78, 5) is 16.8. The van der Waals surface area contributed by atoms with Gasteiger partial charge in [-0.1, -0.05) is 13.8 Å². The summed E-state index contributed by atoms with van der Waals surface area (Å²) in [5.41, 5.74) is 4.10. The third-order valence-electron chi connectivity index (χ3n) is 5.92. The Morgan fingerprint density at radius 3 is 2.93 bits per heavy atom. The largest absolute Gasteiger partial charge is 0.385 e. The number of hydrogen-bond acceptors (Lipinski definition) is 3. The van der Waals surface area contributed by atoms with Crippen LogP contribution in [-0.2, 0) is 24.1 Å². The molecule has 2 aromatic heterocycles. The number of fused-ring (bicyclic) bond motifs is 5. The second-order valence-corrected chi connectivity index (χ2v) is 9.28. The maximum Gasteiger partial charge on any atom is 0.318 e. The van der Waals surface area contributed by atoms with Gasteiger partial charge in [0.25, 0.3) is 0 Å². The van der Waals surface area contributed by atoms with Gasteiger partial charge in [0.15, 0.2) is 0 Å². The third-order valence-corrected chi connectivity index (χ3v) is 7.25. The van der Waals surface area contributed by atoms with Crippen molar-refractivity contribution in [2.24, 2.45) is 5.92 Å². The molecule has 3 heterocycles. The Kier molecular flexibility index (Phi) is 5.78. The van der Waals surface area contributed by atoms with Gasteiger partial charge >= 0.3 is 6.03 Å². The number of thiophene rings is 1. The van der Waals surface area contributed by atoms with Crippen molar-refractivity contribution >= 4 is 17.4 Å². The fourth-order valence-corrected chi connectivity index (χ4v) is 6.04. The zero-order chi connectivity index (χ0) is 19.7. The molecule has 2 aliphatic rings. The fourth-order valence-electron chi connectivity index (χ4n) is 4.64. The van der Waals surface area contributed by atoms with Crippen molar-refractivity contribution in [3.63, 3.8) is 0 Å². The van der Waals surface area contributed by atoms with E-state index in [9.17, 15) is 4.79 Å². The second kappa shape index (κ2) is 8.29. The van der Waals surface area contributed by atoms with Crippen LogP contribution in [0.15, 0.2) is 18.3 Å². The third kappa shape index (κ3) is 3.48. The molecule has 0 radical (unpaired) electrons. The summed E-state index contributed by atoms with van der Waals surface area (Å²) in [6, 6.07) is 4.40. The Hall–Kier alpha value is -1.79. The summed E-state index contributed by atoms with van der Waals surface area (Å²) in [5, 5.41) is 4.45. The monoisotopic (exact) mass is 401 g/mol. The van der Waals surface area contributed by atoms with Crippen molar-refractivity contribution in [3.05, 3.63) is 40.0 Å². The quantitative estimate of drug-likeness (QED) is 0.740. The first-order valence-electron chi connectivity index (χ1n) is 10.5. The number of hydrogen-bond donors (Lipinski definition) is 1. The van der Waals surface area contributed by atoms with Crippen molar-refractivity contribution < 1.29 is 9.53 Å². The molecule has 152 valence electrons. The molecular weight excluding hydrogens is 370 g/mol. The van der Waals surface area contributed by atoms with Crippen LogP contribution in [0.25, 0.3) is 5.00 Å². The Bertz CT molecular complexity index is 839. The van der Waals surface area contributed by atoms with Gasteiger partial charge < -0.3 is 19.5 Å². The van der Waals surface area contributed by atoms with Crippen LogP contribution in [-0.4, -0.2) is 35.8 Å². The molecule has 2 aromatic rings. The van der Waals surface area contributed by atoms with Gasteiger partial charge in [0.05, 0.1) is 12.6 Å². The lowest BCUT2D eigenvalue weighted by molar-refractivity contribution is 0.147. The molecule has 2 amide bonds. The molecule has 0 aromatic carbocycles. The Balaban J connectivity index is 1.72. The average molecular weight is 402 g/mol. The van der Waals surface area contributed by atoms with E-state index in [0.29, 0.717) is 25.6 Å². The summed E-state index contributed by atoms with van der Waals surface area (Å²) in [7, 11) is 1.70. The molecule has 6 heteroatoms. The predicted molar refractivity (Wildman–Crippen MR) is 113 cm³/mol. The number of carbonyl (C=O) groups is 1. The van der Waals surface area contributed by atoms with Crippen molar-refractivity contribution in [3.8, 4) is 5.00 Å². The fraction of sp³-hybridized carbons (Fsp3) is 0.591. The number of urea groups is 1. The van der Waals surface area contributed by atoms with Gasteiger partial charge in [0.1, 0.15) is 5.00 Å². The van der Waals surface area contributed by atoms with Crippen LogP contribution in [0.2, 0.25) is 0 Å². The van der Waals surface area contributed by atoms with Gasteiger partial charge in [-0.05, 0) is 55.7 Å². The van der Waals surface area contributed by atoms with E-state index < -0.39 is 0 Å². The lowest BCUT2D eigenvalue weighted by atomic mass is 9.94. The SMILES string of the molecule is COCCCNC(=O)N1Cc2c(sc3c2CCCC3)-n2cccc2[C@H]1C(C)C. The molecule has 0 saturated heterocycles. The van der Waals surface area contributed by atoms with Gasteiger partial charge in [-0.15, -0.1) is 11.3 Å². The van der Waals surface area contributed by atoms with Crippen LogP contribution in [0.3, 0.4) is 0 Å². The molecule has 1 aliphatic carbocycles. The first-order chi connectivity index (χ1) is 13.6. The number of methoxy groups -OCH3 is 1. The molecule has 1 aliphatic heterocycles. The smallest absolute Gasteiger partial charge is 0.318 e. The Labute approximate surface area is 171 Å². The molecule has 0 spiro atoms. The number of amides is 2. The highest BCUT2D eigenvalue weighted by Crippen LogP contribution is 2.43. The lowest BCUT2D eigenvalue weighted by Crippen LogP contribution is -2.43. The highest BCUT2D eigenvalue weighted by molar-refractivity contribution is 7.15. The molecule has 0 saturated carbocycles. The summed E-state index contributed by atoms with van der Waals surface area (Å²) >= 11 is 1.94. The zero-order valence-corrected chi connectivity index (χ0v) is 18.0. The first-order valence-corrected chi connectivity index (χ1v) is 11.3. The molecule has 4 rings (SSSR count). The van der Waals surface area contributed by atoms with Crippen LogP contribution in [0, 0.1) is 5.92 Å².